The van der Waals surface area contributed by atoms with Gasteiger partial charge in [-0.05, 0) is 44.3 Å². The number of hydrogen-bond acceptors (Lipinski definition) is 3. The summed E-state index contributed by atoms with van der Waals surface area (Å²) in [6.07, 6.45) is 4.01. The summed E-state index contributed by atoms with van der Waals surface area (Å²) in [7, 11) is 0. The van der Waals surface area contributed by atoms with E-state index in [1.54, 1.807) is 0 Å². The number of nitrogens with one attached hydrogen (secondary N) is 1. The molecule has 0 aromatic heterocycles. The third-order valence-corrected chi connectivity index (χ3v) is 5.91. The van der Waals surface area contributed by atoms with Crippen molar-refractivity contribution >= 4 is 11.8 Å². The van der Waals surface area contributed by atoms with Gasteiger partial charge in [-0.1, -0.05) is 44.2 Å². The predicted octanol–water partition coefficient (Wildman–Crippen LogP) is 2.83. The van der Waals surface area contributed by atoms with Crippen molar-refractivity contribution in [3.63, 3.8) is 0 Å². The largest absolute Gasteiger partial charge is 0.354 e. The Labute approximate surface area is 163 Å². The molecule has 2 amide bonds. The van der Waals surface area contributed by atoms with Gasteiger partial charge < -0.3 is 10.2 Å². The molecule has 0 radical (unpaired) electrons. The number of nitrogens with zero attached hydrogens (tertiary/aromatic N) is 2. The van der Waals surface area contributed by atoms with E-state index in [2.05, 4.69) is 34.5 Å². The molecule has 2 fully saturated rings. The Hall–Kier alpha value is -1.88. The van der Waals surface area contributed by atoms with E-state index in [0.29, 0.717) is 19.6 Å². The van der Waals surface area contributed by atoms with Crippen molar-refractivity contribution in [1.82, 2.24) is 15.1 Å². The first-order valence-corrected chi connectivity index (χ1v) is 10.4. The molecule has 2 saturated heterocycles. The standard InChI is InChI=1S/C22H33N3O2/c1-17(2)22(27)25-14-10-19(11-15-25)21(26)23-16-20(24-12-6-7-13-24)18-8-4-3-5-9-18/h3-5,8-9,17,19-20H,6-7,10-16H2,1-2H3,(H,23,26). The van der Waals surface area contributed by atoms with E-state index in [-0.39, 0.29) is 29.7 Å². The first-order valence-electron chi connectivity index (χ1n) is 10.4. The van der Waals surface area contributed by atoms with Gasteiger partial charge in [-0.25, -0.2) is 0 Å². The first kappa shape index (κ1) is 19.9. The molecule has 1 unspecified atom stereocenters. The van der Waals surface area contributed by atoms with Crippen molar-refractivity contribution in [2.45, 2.75) is 45.6 Å². The van der Waals surface area contributed by atoms with E-state index in [4.69, 9.17) is 0 Å². The van der Waals surface area contributed by atoms with Gasteiger partial charge in [0, 0.05) is 31.5 Å². The minimum absolute atomic E-state index is 0.0243. The number of carbonyl (C=O) groups is 2. The first-order chi connectivity index (χ1) is 13.1. The number of piperidine rings is 1. The van der Waals surface area contributed by atoms with E-state index in [9.17, 15) is 9.59 Å². The fourth-order valence-corrected chi connectivity index (χ4v) is 4.26. The fourth-order valence-electron chi connectivity index (χ4n) is 4.26. The second-order valence-corrected chi connectivity index (χ2v) is 8.17. The molecule has 0 spiro atoms. The van der Waals surface area contributed by atoms with Crippen LogP contribution < -0.4 is 5.32 Å². The highest BCUT2D eigenvalue weighted by atomic mass is 16.2. The summed E-state index contributed by atoms with van der Waals surface area (Å²) in [6, 6.07) is 10.7. The van der Waals surface area contributed by atoms with E-state index in [1.807, 2.05) is 24.8 Å². The molecular formula is C22H33N3O2. The average molecular weight is 372 g/mol. The summed E-state index contributed by atoms with van der Waals surface area (Å²) >= 11 is 0. The molecule has 5 heteroatoms. The minimum Gasteiger partial charge on any atom is -0.354 e. The number of benzene rings is 1. The molecule has 2 heterocycles. The lowest BCUT2D eigenvalue weighted by Gasteiger charge is -2.33. The van der Waals surface area contributed by atoms with Gasteiger partial charge in [0.05, 0.1) is 6.04 Å². The maximum Gasteiger partial charge on any atom is 0.225 e. The molecule has 27 heavy (non-hydrogen) atoms. The molecule has 1 N–H and O–H groups in total. The van der Waals surface area contributed by atoms with Crippen LogP contribution in [0.25, 0.3) is 0 Å². The van der Waals surface area contributed by atoms with Gasteiger partial charge in [-0.3, -0.25) is 14.5 Å². The Bertz CT molecular complexity index is 618. The quantitative estimate of drug-likeness (QED) is 0.837. The van der Waals surface area contributed by atoms with Crippen LogP contribution in [-0.2, 0) is 9.59 Å². The molecule has 0 aliphatic carbocycles. The molecule has 0 bridgehead atoms. The summed E-state index contributed by atoms with van der Waals surface area (Å²) in [5.41, 5.74) is 1.28. The predicted molar refractivity (Wildman–Crippen MR) is 107 cm³/mol. The average Bonchev–Trinajstić information content (AvgIpc) is 3.23. The zero-order valence-electron chi connectivity index (χ0n) is 16.7. The van der Waals surface area contributed by atoms with E-state index in [1.165, 1.54) is 18.4 Å². The molecule has 1 aromatic carbocycles. The van der Waals surface area contributed by atoms with Crippen molar-refractivity contribution in [2.75, 3.05) is 32.7 Å². The van der Waals surface area contributed by atoms with Crippen LogP contribution in [0.2, 0.25) is 0 Å². The third kappa shape index (κ3) is 5.10. The van der Waals surface area contributed by atoms with Crippen LogP contribution in [0.4, 0.5) is 0 Å². The van der Waals surface area contributed by atoms with Gasteiger partial charge in [0.15, 0.2) is 0 Å². The van der Waals surface area contributed by atoms with Gasteiger partial charge in [0.25, 0.3) is 0 Å². The summed E-state index contributed by atoms with van der Waals surface area (Å²) in [6.45, 7) is 8.13. The Morgan fingerprint density at radius 1 is 1.04 bits per heavy atom. The Morgan fingerprint density at radius 3 is 2.26 bits per heavy atom. The van der Waals surface area contributed by atoms with Crippen molar-refractivity contribution in [2.24, 2.45) is 11.8 Å². The number of amides is 2. The molecule has 1 atom stereocenters. The molecule has 5 nitrogen and oxygen atoms in total. The highest BCUT2D eigenvalue weighted by Crippen LogP contribution is 2.25. The molecule has 3 rings (SSSR count). The third-order valence-electron chi connectivity index (χ3n) is 5.91. The maximum absolute atomic E-state index is 12.7. The van der Waals surface area contributed by atoms with Crippen molar-refractivity contribution in [1.29, 1.82) is 0 Å². The number of likely N-dealkylation sites (tertiary alicyclic amines) is 2. The highest BCUT2D eigenvalue weighted by molar-refractivity contribution is 5.80. The molecule has 0 saturated carbocycles. The Morgan fingerprint density at radius 2 is 1.67 bits per heavy atom. The van der Waals surface area contributed by atoms with Crippen LogP contribution in [-0.4, -0.2) is 54.3 Å². The summed E-state index contributed by atoms with van der Waals surface area (Å²) in [4.78, 5) is 29.2. The maximum atomic E-state index is 12.7. The molecular weight excluding hydrogens is 338 g/mol. The fraction of sp³-hybridized carbons (Fsp3) is 0.636. The Balaban J connectivity index is 1.53. The lowest BCUT2D eigenvalue weighted by molar-refractivity contribution is -0.138. The second kappa shape index (κ2) is 9.36. The van der Waals surface area contributed by atoms with E-state index < -0.39 is 0 Å². The van der Waals surface area contributed by atoms with Gasteiger partial charge in [-0.15, -0.1) is 0 Å². The zero-order chi connectivity index (χ0) is 19.2. The van der Waals surface area contributed by atoms with E-state index >= 15 is 0 Å². The van der Waals surface area contributed by atoms with E-state index in [0.717, 1.165) is 25.9 Å². The van der Waals surface area contributed by atoms with Crippen LogP contribution in [0.15, 0.2) is 30.3 Å². The van der Waals surface area contributed by atoms with Gasteiger partial charge in [0.2, 0.25) is 11.8 Å². The smallest absolute Gasteiger partial charge is 0.225 e. The van der Waals surface area contributed by atoms with Crippen LogP contribution in [0, 0.1) is 11.8 Å². The molecule has 2 aliphatic heterocycles. The summed E-state index contributed by atoms with van der Waals surface area (Å²) < 4.78 is 0. The normalized spacial score (nSPS) is 20.0. The summed E-state index contributed by atoms with van der Waals surface area (Å²) in [5, 5.41) is 3.21. The summed E-state index contributed by atoms with van der Waals surface area (Å²) in [5.74, 6) is 0.400. The molecule has 2 aliphatic rings. The lowest BCUT2D eigenvalue weighted by atomic mass is 9.95. The second-order valence-electron chi connectivity index (χ2n) is 8.17. The van der Waals surface area contributed by atoms with Crippen molar-refractivity contribution < 1.29 is 9.59 Å². The number of rotatable bonds is 6. The Kier molecular flexibility index (Phi) is 6.89. The monoisotopic (exact) mass is 371 g/mol. The highest BCUT2D eigenvalue weighted by Gasteiger charge is 2.29. The van der Waals surface area contributed by atoms with Gasteiger partial charge in [-0.2, -0.15) is 0 Å². The van der Waals surface area contributed by atoms with Gasteiger partial charge >= 0.3 is 0 Å². The van der Waals surface area contributed by atoms with Crippen molar-refractivity contribution in [3.05, 3.63) is 35.9 Å². The lowest BCUT2D eigenvalue weighted by Crippen LogP contribution is -2.45. The number of carbonyl (C=O) groups excluding carboxylic acids is 2. The SMILES string of the molecule is CC(C)C(=O)N1CCC(C(=O)NCC(c2ccccc2)N2CCCC2)CC1. The number of hydrogen-bond donors (Lipinski definition) is 1. The zero-order valence-corrected chi connectivity index (χ0v) is 16.7. The molecule has 148 valence electrons. The van der Waals surface area contributed by atoms with Crippen LogP contribution in [0.3, 0.4) is 0 Å². The minimum atomic E-state index is 0.0243. The molecule has 1 aromatic rings. The van der Waals surface area contributed by atoms with Crippen molar-refractivity contribution in [3.8, 4) is 0 Å². The van der Waals surface area contributed by atoms with Crippen LogP contribution in [0.5, 0.6) is 0 Å². The van der Waals surface area contributed by atoms with Crippen LogP contribution >= 0.6 is 0 Å². The topological polar surface area (TPSA) is 52.7 Å². The van der Waals surface area contributed by atoms with Crippen LogP contribution in [0.1, 0.15) is 51.1 Å². The van der Waals surface area contributed by atoms with Gasteiger partial charge in [0.1, 0.15) is 0 Å².